The van der Waals surface area contributed by atoms with Crippen LogP contribution in [0, 0.1) is 12.8 Å². The van der Waals surface area contributed by atoms with E-state index in [9.17, 15) is 9.90 Å². The van der Waals surface area contributed by atoms with Gasteiger partial charge in [-0.2, -0.15) is 0 Å². The topological polar surface area (TPSA) is 58.6 Å². The molecule has 4 heteroatoms. The van der Waals surface area contributed by atoms with Crippen molar-refractivity contribution in [2.45, 2.75) is 32.3 Å². The molecule has 0 atom stereocenters. The fourth-order valence-electron chi connectivity index (χ4n) is 2.42. The molecule has 0 aliphatic heterocycles. The summed E-state index contributed by atoms with van der Waals surface area (Å²) in [6, 6.07) is 5.08. The third-order valence-electron chi connectivity index (χ3n) is 3.76. The van der Waals surface area contributed by atoms with Crippen molar-refractivity contribution in [3.05, 3.63) is 29.3 Å². The predicted octanol–water partition coefficient (Wildman–Crippen LogP) is 2.25. The SMILES string of the molecule is COC1CC(CCNC(=O)c2ccc(C)cc2O)C1. The predicted molar refractivity (Wildman–Crippen MR) is 73.3 cm³/mol. The zero-order chi connectivity index (χ0) is 13.8. The van der Waals surface area contributed by atoms with Crippen molar-refractivity contribution in [2.75, 3.05) is 13.7 Å². The Balaban J connectivity index is 1.75. The zero-order valence-electron chi connectivity index (χ0n) is 11.5. The fourth-order valence-corrected chi connectivity index (χ4v) is 2.42. The Morgan fingerprint density at radius 3 is 2.84 bits per heavy atom. The van der Waals surface area contributed by atoms with Crippen LogP contribution in [0.2, 0.25) is 0 Å². The number of rotatable bonds is 5. The molecule has 2 rings (SSSR count). The van der Waals surface area contributed by atoms with Gasteiger partial charge in [-0.25, -0.2) is 0 Å². The largest absolute Gasteiger partial charge is 0.507 e. The standard InChI is InChI=1S/C15H21NO3/c1-10-3-4-13(14(17)7-10)15(18)16-6-5-11-8-12(9-11)19-2/h3-4,7,11-12,17H,5-6,8-9H2,1-2H3,(H,16,18). The molecule has 0 unspecified atom stereocenters. The van der Waals surface area contributed by atoms with Gasteiger partial charge in [-0.15, -0.1) is 0 Å². The van der Waals surface area contributed by atoms with Gasteiger partial charge in [-0.05, 0) is 49.8 Å². The van der Waals surface area contributed by atoms with Crippen LogP contribution >= 0.6 is 0 Å². The molecule has 0 saturated heterocycles. The number of carbonyl (C=O) groups excluding carboxylic acids is 1. The molecule has 0 bridgehead atoms. The molecule has 1 aliphatic carbocycles. The Hall–Kier alpha value is -1.55. The quantitative estimate of drug-likeness (QED) is 0.856. The number of benzene rings is 1. The first-order valence-electron chi connectivity index (χ1n) is 6.70. The molecule has 2 N–H and O–H groups in total. The lowest BCUT2D eigenvalue weighted by atomic mass is 9.80. The molecule has 0 heterocycles. The Bertz CT molecular complexity index is 453. The van der Waals surface area contributed by atoms with Crippen LogP contribution in [0.3, 0.4) is 0 Å². The molecular formula is C15H21NO3. The van der Waals surface area contributed by atoms with Gasteiger partial charge in [0.1, 0.15) is 5.75 Å². The van der Waals surface area contributed by atoms with Gasteiger partial charge in [0.25, 0.3) is 5.91 Å². The average molecular weight is 263 g/mol. The Morgan fingerprint density at radius 2 is 2.21 bits per heavy atom. The number of aromatic hydroxyl groups is 1. The monoisotopic (exact) mass is 263 g/mol. The van der Waals surface area contributed by atoms with Crippen molar-refractivity contribution in [1.29, 1.82) is 0 Å². The molecule has 0 radical (unpaired) electrons. The summed E-state index contributed by atoms with van der Waals surface area (Å²) in [5.41, 5.74) is 1.28. The second-order valence-electron chi connectivity index (χ2n) is 5.26. The lowest BCUT2D eigenvalue weighted by Gasteiger charge is -2.34. The van der Waals surface area contributed by atoms with Crippen LogP contribution in [0.1, 0.15) is 35.2 Å². The first-order valence-corrected chi connectivity index (χ1v) is 6.70. The van der Waals surface area contributed by atoms with E-state index in [2.05, 4.69) is 5.32 Å². The van der Waals surface area contributed by atoms with Crippen molar-refractivity contribution in [3.8, 4) is 5.75 Å². The number of methoxy groups -OCH3 is 1. The summed E-state index contributed by atoms with van der Waals surface area (Å²) in [7, 11) is 1.74. The second kappa shape index (κ2) is 6.06. The number of carbonyl (C=O) groups is 1. The number of nitrogens with one attached hydrogen (secondary N) is 1. The molecular weight excluding hydrogens is 242 g/mol. The molecule has 19 heavy (non-hydrogen) atoms. The van der Waals surface area contributed by atoms with Crippen LogP contribution in [-0.4, -0.2) is 30.8 Å². The highest BCUT2D eigenvalue weighted by molar-refractivity contribution is 5.96. The summed E-state index contributed by atoms with van der Waals surface area (Å²) in [5.74, 6) is 0.484. The van der Waals surface area contributed by atoms with Crippen LogP contribution in [0.15, 0.2) is 18.2 Å². The van der Waals surface area contributed by atoms with Crippen molar-refractivity contribution in [1.82, 2.24) is 5.32 Å². The van der Waals surface area contributed by atoms with E-state index in [4.69, 9.17) is 4.74 Å². The number of phenols is 1. The molecule has 1 fully saturated rings. The van der Waals surface area contributed by atoms with E-state index < -0.39 is 0 Å². The number of amides is 1. The highest BCUT2D eigenvalue weighted by Crippen LogP contribution is 2.31. The molecule has 1 aromatic rings. The van der Waals surface area contributed by atoms with Crippen molar-refractivity contribution in [3.63, 3.8) is 0 Å². The van der Waals surface area contributed by atoms with Crippen LogP contribution in [0.5, 0.6) is 5.75 Å². The summed E-state index contributed by atoms with van der Waals surface area (Å²) >= 11 is 0. The van der Waals surface area contributed by atoms with E-state index >= 15 is 0 Å². The van der Waals surface area contributed by atoms with Gasteiger partial charge in [0, 0.05) is 13.7 Å². The van der Waals surface area contributed by atoms with E-state index in [1.807, 2.05) is 13.0 Å². The summed E-state index contributed by atoms with van der Waals surface area (Å²) in [6.45, 7) is 2.53. The van der Waals surface area contributed by atoms with Gasteiger partial charge in [-0.1, -0.05) is 6.07 Å². The van der Waals surface area contributed by atoms with Gasteiger partial charge in [0.2, 0.25) is 0 Å². The number of hydrogen-bond donors (Lipinski definition) is 2. The van der Waals surface area contributed by atoms with Gasteiger partial charge >= 0.3 is 0 Å². The smallest absolute Gasteiger partial charge is 0.255 e. The molecule has 1 aliphatic rings. The lowest BCUT2D eigenvalue weighted by molar-refractivity contribution is -0.00120. The first kappa shape index (κ1) is 13.9. The maximum atomic E-state index is 11.9. The fraction of sp³-hybridized carbons (Fsp3) is 0.533. The number of hydrogen-bond acceptors (Lipinski definition) is 3. The Morgan fingerprint density at radius 1 is 1.47 bits per heavy atom. The van der Waals surface area contributed by atoms with Crippen LogP contribution in [0.25, 0.3) is 0 Å². The summed E-state index contributed by atoms with van der Waals surface area (Å²) in [6.07, 6.45) is 3.55. The second-order valence-corrected chi connectivity index (χ2v) is 5.26. The van der Waals surface area contributed by atoms with Gasteiger partial charge in [0.05, 0.1) is 11.7 Å². The third-order valence-corrected chi connectivity index (χ3v) is 3.76. The van der Waals surface area contributed by atoms with E-state index in [-0.39, 0.29) is 11.7 Å². The van der Waals surface area contributed by atoms with E-state index in [0.717, 1.165) is 24.8 Å². The maximum absolute atomic E-state index is 11.9. The van der Waals surface area contributed by atoms with E-state index in [1.54, 1.807) is 19.2 Å². The van der Waals surface area contributed by atoms with Gasteiger partial charge in [0.15, 0.2) is 0 Å². The highest BCUT2D eigenvalue weighted by atomic mass is 16.5. The van der Waals surface area contributed by atoms with E-state index in [0.29, 0.717) is 24.1 Å². The van der Waals surface area contributed by atoms with Crippen LogP contribution < -0.4 is 5.32 Å². The molecule has 1 saturated carbocycles. The summed E-state index contributed by atoms with van der Waals surface area (Å²) in [5, 5.41) is 12.6. The molecule has 4 nitrogen and oxygen atoms in total. The minimum Gasteiger partial charge on any atom is -0.507 e. The molecule has 0 aromatic heterocycles. The normalized spacial score (nSPS) is 21.8. The summed E-state index contributed by atoms with van der Waals surface area (Å²) < 4.78 is 5.22. The number of phenolic OH excluding ortho intramolecular Hbond substituents is 1. The lowest BCUT2D eigenvalue weighted by Crippen LogP contribution is -2.34. The first-order chi connectivity index (χ1) is 9.10. The van der Waals surface area contributed by atoms with Crippen LogP contribution in [0.4, 0.5) is 0 Å². The van der Waals surface area contributed by atoms with Crippen molar-refractivity contribution >= 4 is 5.91 Å². The average Bonchev–Trinajstić information content (AvgIpc) is 2.31. The van der Waals surface area contributed by atoms with Gasteiger partial charge in [-0.3, -0.25) is 4.79 Å². The maximum Gasteiger partial charge on any atom is 0.255 e. The molecule has 1 aromatic carbocycles. The Kier molecular flexibility index (Phi) is 4.43. The van der Waals surface area contributed by atoms with E-state index in [1.165, 1.54) is 0 Å². The highest BCUT2D eigenvalue weighted by Gasteiger charge is 2.28. The van der Waals surface area contributed by atoms with Crippen molar-refractivity contribution in [2.24, 2.45) is 5.92 Å². The molecule has 1 amide bonds. The number of aryl methyl sites for hydroxylation is 1. The van der Waals surface area contributed by atoms with Crippen LogP contribution in [-0.2, 0) is 4.74 Å². The van der Waals surface area contributed by atoms with Crippen molar-refractivity contribution < 1.29 is 14.6 Å². The number of ether oxygens (including phenoxy) is 1. The minimum atomic E-state index is -0.208. The summed E-state index contributed by atoms with van der Waals surface area (Å²) in [4.78, 5) is 11.9. The molecule has 104 valence electrons. The van der Waals surface area contributed by atoms with Gasteiger partial charge < -0.3 is 15.2 Å². The zero-order valence-corrected chi connectivity index (χ0v) is 11.5. The minimum absolute atomic E-state index is 0.0422. The third kappa shape index (κ3) is 3.47. The molecule has 0 spiro atoms. The Labute approximate surface area is 113 Å².